The molecule has 3 heterocycles. The molecule has 1 aliphatic carbocycles. The van der Waals surface area contributed by atoms with Crippen molar-refractivity contribution in [2.24, 2.45) is 11.8 Å². The molecule has 0 bridgehead atoms. The molecule has 1 N–H and O–H groups in total. The Morgan fingerprint density at radius 1 is 1.38 bits per heavy atom. The third kappa shape index (κ3) is 3.46. The van der Waals surface area contributed by atoms with Crippen LogP contribution in [0.4, 0.5) is 0 Å². The highest BCUT2D eigenvalue weighted by Crippen LogP contribution is 2.28. The molecule has 1 aliphatic heterocycles. The quantitative estimate of drug-likeness (QED) is 0.855. The largest absolute Gasteiger partial charge is 0.339 e. The summed E-state index contributed by atoms with van der Waals surface area (Å²) in [6.07, 6.45) is 6.62. The number of carbonyl (C=O) groups excluding carboxylic acids is 1. The van der Waals surface area contributed by atoms with E-state index in [1.54, 1.807) is 10.9 Å². The number of aromatic amines is 1. The SMILES string of the molecule is CCC(C#N)C1CCN(C(=O)c2cnn(-c3nc4c(c(=O)[nH]3)CCC4)c2C)CC1. The zero-order valence-electron chi connectivity index (χ0n) is 16.9. The van der Waals surface area contributed by atoms with Crippen molar-refractivity contribution in [1.29, 1.82) is 5.26 Å². The normalized spacial score (nSPS) is 17.8. The van der Waals surface area contributed by atoms with Crippen molar-refractivity contribution in [3.05, 3.63) is 39.1 Å². The zero-order valence-corrected chi connectivity index (χ0v) is 16.9. The molecule has 29 heavy (non-hydrogen) atoms. The number of aromatic nitrogens is 4. The fourth-order valence-electron chi connectivity index (χ4n) is 4.57. The minimum Gasteiger partial charge on any atom is -0.339 e. The van der Waals surface area contributed by atoms with Gasteiger partial charge >= 0.3 is 0 Å². The smallest absolute Gasteiger partial charge is 0.257 e. The van der Waals surface area contributed by atoms with Crippen molar-refractivity contribution >= 4 is 5.91 Å². The number of nitrogens with one attached hydrogen (secondary N) is 1. The van der Waals surface area contributed by atoms with Crippen LogP contribution < -0.4 is 5.56 Å². The summed E-state index contributed by atoms with van der Waals surface area (Å²) in [5, 5.41) is 13.6. The summed E-state index contributed by atoms with van der Waals surface area (Å²) in [5.74, 6) is 0.740. The van der Waals surface area contributed by atoms with Crippen LogP contribution in [0.15, 0.2) is 11.0 Å². The zero-order chi connectivity index (χ0) is 20.5. The molecule has 2 aliphatic rings. The van der Waals surface area contributed by atoms with Gasteiger partial charge in [0.25, 0.3) is 11.5 Å². The van der Waals surface area contributed by atoms with Gasteiger partial charge in [0, 0.05) is 24.6 Å². The Hall–Kier alpha value is -2.95. The lowest BCUT2D eigenvalue weighted by Crippen LogP contribution is -2.40. The molecule has 0 spiro atoms. The minimum atomic E-state index is -0.115. The molecular formula is C21H26N6O2. The summed E-state index contributed by atoms with van der Waals surface area (Å²) in [6, 6.07) is 2.40. The van der Waals surface area contributed by atoms with Gasteiger partial charge in [-0.25, -0.2) is 9.67 Å². The fraction of sp³-hybridized carbons (Fsp3) is 0.571. The Bertz CT molecular complexity index is 1020. The van der Waals surface area contributed by atoms with Crippen LogP contribution in [0.2, 0.25) is 0 Å². The number of likely N-dealkylation sites (tertiary alicyclic amines) is 1. The first-order chi connectivity index (χ1) is 14.0. The van der Waals surface area contributed by atoms with Crippen LogP contribution in [0.3, 0.4) is 0 Å². The van der Waals surface area contributed by atoms with Crippen LogP contribution in [0.25, 0.3) is 5.95 Å². The second-order valence-electron chi connectivity index (χ2n) is 8.00. The van der Waals surface area contributed by atoms with E-state index < -0.39 is 0 Å². The molecule has 2 aromatic heterocycles. The summed E-state index contributed by atoms with van der Waals surface area (Å²) >= 11 is 0. The van der Waals surface area contributed by atoms with E-state index in [-0.39, 0.29) is 17.4 Å². The van der Waals surface area contributed by atoms with E-state index >= 15 is 0 Å². The number of carbonyl (C=O) groups is 1. The standard InChI is InChI=1S/C21H26N6O2/c1-3-14(11-22)15-7-9-26(10-8-15)20(29)17-12-23-27(13(17)2)21-24-18-6-4-5-16(18)19(28)25-21/h12,14-15H,3-10H2,1-2H3,(H,24,25,28). The van der Waals surface area contributed by atoms with Crippen molar-refractivity contribution in [1.82, 2.24) is 24.6 Å². The summed E-state index contributed by atoms with van der Waals surface area (Å²) in [7, 11) is 0. The van der Waals surface area contributed by atoms with Gasteiger partial charge in [0.15, 0.2) is 0 Å². The number of hydrogen-bond donors (Lipinski definition) is 1. The topological polar surface area (TPSA) is 108 Å². The molecule has 1 amide bonds. The second kappa shape index (κ2) is 7.82. The van der Waals surface area contributed by atoms with Gasteiger partial charge in [-0.3, -0.25) is 14.6 Å². The third-order valence-corrected chi connectivity index (χ3v) is 6.37. The molecule has 2 aromatic rings. The number of hydrogen-bond acceptors (Lipinski definition) is 5. The number of piperidine rings is 1. The molecule has 1 saturated heterocycles. The molecule has 1 fully saturated rings. The number of aryl methyl sites for hydroxylation is 1. The maximum atomic E-state index is 13.1. The van der Waals surface area contributed by atoms with E-state index in [1.807, 2.05) is 18.7 Å². The Labute approximate surface area is 169 Å². The van der Waals surface area contributed by atoms with Crippen LogP contribution in [0.5, 0.6) is 0 Å². The Morgan fingerprint density at radius 3 is 2.83 bits per heavy atom. The Morgan fingerprint density at radius 2 is 2.14 bits per heavy atom. The van der Waals surface area contributed by atoms with Crippen molar-refractivity contribution in [2.45, 2.75) is 52.4 Å². The van der Waals surface area contributed by atoms with Gasteiger partial charge in [-0.15, -0.1) is 0 Å². The summed E-state index contributed by atoms with van der Waals surface area (Å²) in [4.78, 5) is 34.6. The van der Waals surface area contributed by atoms with Crippen molar-refractivity contribution < 1.29 is 4.79 Å². The Balaban J connectivity index is 1.52. The van der Waals surface area contributed by atoms with E-state index in [0.29, 0.717) is 36.2 Å². The molecule has 4 rings (SSSR count). The highest BCUT2D eigenvalue weighted by molar-refractivity contribution is 5.95. The number of amides is 1. The maximum Gasteiger partial charge on any atom is 0.257 e. The number of H-pyrrole nitrogens is 1. The number of rotatable bonds is 4. The van der Waals surface area contributed by atoms with Gasteiger partial charge in [0.1, 0.15) is 0 Å². The molecule has 0 aromatic carbocycles. The molecular weight excluding hydrogens is 368 g/mol. The van der Waals surface area contributed by atoms with Crippen molar-refractivity contribution in [3.8, 4) is 12.0 Å². The van der Waals surface area contributed by atoms with E-state index in [1.165, 1.54) is 0 Å². The number of nitriles is 1. The maximum absolute atomic E-state index is 13.1. The van der Waals surface area contributed by atoms with Gasteiger partial charge in [-0.05, 0) is 51.4 Å². The minimum absolute atomic E-state index is 0.0549. The molecule has 0 radical (unpaired) electrons. The predicted octanol–water partition coefficient (Wildman–Crippen LogP) is 2.15. The highest BCUT2D eigenvalue weighted by atomic mass is 16.2. The predicted molar refractivity (Wildman–Crippen MR) is 107 cm³/mol. The van der Waals surface area contributed by atoms with Crippen LogP contribution in [0, 0.1) is 30.1 Å². The van der Waals surface area contributed by atoms with E-state index in [2.05, 4.69) is 21.1 Å². The first-order valence-corrected chi connectivity index (χ1v) is 10.4. The van der Waals surface area contributed by atoms with Crippen molar-refractivity contribution in [3.63, 3.8) is 0 Å². The van der Waals surface area contributed by atoms with Crippen LogP contribution in [-0.4, -0.2) is 43.6 Å². The van der Waals surface area contributed by atoms with Gasteiger partial charge in [-0.2, -0.15) is 10.4 Å². The van der Waals surface area contributed by atoms with Crippen LogP contribution >= 0.6 is 0 Å². The van der Waals surface area contributed by atoms with Gasteiger partial charge in [-0.1, -0.05) is 6.92 Å². The van der Waals surface area contributed by atoms with Gasteiger partial charge in [0.2, 0.25) is 5.95 Å². The van der Waals surface area contributed by atoms with Crippen LogP contribution in [-0.2, 0) is 12.8 Å². The molecule has 8 nitrogen and oxygen atoms in total. The van der Waals surface area contributed by atoms with E-state index in [0.717, 1.165) is 49.8 Å². The fourth-order valence-corrected chi connectivity index (χ4v) is 4.57. The molecule has 1 atom stereocenters. The van der Waals surface area contributed by atoms with Gasteiger partial charge in [0.05, 0.1) is 29.2 Å². The lowest BCUT2D eigenvalue weighted by Gasteiger charge is -2.33. The monoisotopic (exact) mass is 394 g/mol. The first kappa shape index (κ1) is 19.4. The first-order valence-electron chi connectivity index (χ1n) is 10.4. The summed E-state index contributed by atoms with van der Waals surface area (Å²) in [6.45, 7) is 5.17. The van der Waals surface area contributed by atoms with Gasteiger partial charge < -0.3 is 4.90 Å². The van der Waals surface area contributed by atoms with E-state index in [9.17, 15) is 14.9 Å². The Kier molecular flexibility index (Phi) is 5.22. The molecule has 0 saturated carbocycles. The molecule has 1 unspecified atom stereocenters. The molecule has 152 valence electrons. The second-order valence-corrected chi connectivity index (χ2v) is 8.00. The third-order valence-electron chi connectivity index (χ3n) is 6.37. The van der Waals surface area contributed by atoms with Crippen molar-refractivity contribution in [2.75, 3.05) is 13.1 Å². The average Bonchev–Trinajstić information content (AvgIpc) is 3.36. The summed E-state index contributed by atoms with van der Waals surface area (Å²) < 4.78 is 1.54. The van der Waals surface area contributed by atoms with E-state index in [4.69, 9.17) is 0 Å². The summed E-state index contributed by atoms with van der Waals surface area (Å²) in [5.41, 5.74) is 2.67. The highest BCUT2D eigenvalue weighted by Gasteiger charge is 2.30. The average molecular weight is 394 g/mol. The van der Waals surface area contributed by atoms with Crippen LogP contribution in [0.1, 0.15) is 59.9 Å². The lowest BCUT2D eigenvalue weighted by molar-refractivity contribution is 0.0670. The number of nitrogens with zero attached hydrogens (tertiary/aromatic N) is 5. The molecule has 8 heteroatoms. The lowest BCUT2D eigenvalue weighted by atomic mass is 9.83. The number of fused-ring (bicyclic) bond motifs is 1.